The molecule has 0 aromatic heterocycles. The van der Waals surface area contributed by atoms with Gasteiger partial charge in [-0.1, -0.05) is 17.7 Å². The minimum Gasteiger partial charge on any atom is -0.396 e. The molecule has 2 nitrogen and oxygen atoms in total. The van der Waals surface area contributed by atoms with E-state index in [0.29, 0.717) is 12.0 Å². The zero-order chi connectivity index (χ0) is 11.7. The number of aliphatic hydroxyl groups is 1. The lowest BCUT2D eigenvalue weighted by molar-refractivity contribution is 0.277. The molecule has 1 aromatic carbocycles. The predicted octanol–water partition coefficient (Wildman–Crippen LogP) is 2.69. The summed E-state index contributed by atoms with van der Waals surface area (Å²) in [5.74, 6) is 0.502. The third-order valence-electron chi connectivity index (χ3n) is 3.45. The zero-order valence-corrected chi connectivity index (χ0v) is 10.4. The summed E-state index contributed by atoms with van der Waals surface area (Å²) >= 11 is 0. The molecule has 0 bridgehead atoms. The summed E-state index contributed by atoms with van der Waals surface area (Å²) in [5, 5.41) is 9.13. The Labute approximate surface area is 97.9 Å². The third-order valence-corrected chi connectivity index (χ3v) is 3.45. The van der Waals surface area contributed by atoms with Gasteiger partial charge >= 0.3 is 0 Å². The van der Waals surface area contributed by atoms with Gasteiger partial charge in [-0.2, -0.15) is 0 Å². The van der Waals surface area contributed by atoms with Crippen molar-refractivity contribution >= 4 is 5.69 Å². The fourth-order valence-corrected chi connectivity index (χ4v) is 2.59. The van der Waals surface area contributed by atoms with Crippen molar-refractivity contribution in [1.29, 1.82) is 0 Å². The fraction of sp³-hybridized carbons (Fsp3) is 0.571. The van der Waals surface area contributed by atoms with E-state index in [-0.39, 0.29) is 6.61 Å². The highest BCUT2D eigenvalue weighted by Crippen LogP contribution is 2.39. The molecule has 0 aliphatic carbocycles. The molecule has 1 heterocycles. The Kier molecular flexibility index (Phi) is 3.20. The molecular formula is C14H21NO. The van der Waals surface area contributed by atoms with E-state index in [1.165, 1.54) is 16.8 Å². The number of hydrogen-bond donors (Lipinski definition) is 1. The average Bonchev–Trinajstić information content (AvgIpc) is 2.58. The van der Waals surface area contributed by atoms with Gasteiger partial charge in [-0.05, 0) is 38.8 Å². The lowest BCUT2D eigenvalue weighted by Gasteiger charge is -2.24. The Hall–Kier alpha value is -1.02. The van der Waals surface area contributed by atoms with Crippen LogP contribution in [0.15, 0.2) is 18.2 Å². The molecule has 88 valence electrons. The van der Waals surface area contributed by atoms with Gasteiger partial charge in [-0.25, -0.2) is 0 Å². The van der Waals surface area contributed by atoms with Crippen molar-refractivity contribution in [3.05, 3.63) is 29.3 Å². The first-order chi connectivity index (χ1) is 7.63. The highest BCUT2D eigenvalue weighted by Gasteiger charge is 2.29. The second-order valence-electron chi connectivity index (χ2n) is 5.02. The van der Waals surface area contributed by atoms with Crippen LogP contribution in [0.2, 0.25) is 0 Å². The standard InChI is InChI=1S/C14H21NO/c1-10(2)15-9-12(6-7-16)13-8-11(3)4-5-14(13)15/h4-5,8,10,12,16H,6-7,9H2,1-3H3. The van der Waals surface area contributed by atoms with Crippen LogP contribution in [0.4, 0.5) is 5.69 Å². The minimum atomic E-state index is 0.282. The molecule has 2 heteroatoms. The molecule has 0 saturated carbocycles. The van der Waals surface area contributed by atoms with Crippen LogP contribution in [-0.4, -0.2) is 24.3 Å². The van der Waals surface area contributed by atoms with Crippen LogP contribution < -0.4 is 4.90 Å². The molecule has 0 spiro atoms. The number of benzene rings is 1. The summed E-state index contributed by atoms with van der Waals surface area (Å²) in [7, 11) is 0. The summed E-state index contributed by atoms with van der Waals surface area (Å²) < 4.78 is 0. The molecule has 1 aliphatic heterocycles. The van der Waals surface area contributed by atoms with Crippen LogP contribution in [-0.2, 0) is 0 Å². The first-order valence-electron chi connectivity index (χ1n) is 6.11. The normalized spacial score (nSPS) is 19.3. The quantitative estimate of drug-likeness (QED) is 0.845. The predicted molar refractivity (Wildman–Crippen MR) is 68.1 cm³/mol. The van der Waals surface area contributed by atoms with Gasteiger partial charge in [0.15, 0.2) is 0 Å². The number of anilines is 1. The Balaban J connectivity index is 2.36. The van der Waals surface area contributed by atoms with E-state index in [0.717, 1.165) is 13.0 Å². The zero-order valence-electron chi connectivity index (χ0n) is 10.4. The van der Waals surface area contributed by atoms with Gasteiger partial charge in [0.05, 0.1) is 0 Å². The van der Waals surface area contributed by atoms with E-state index < -0.39 is 0 Å². The second kappa shape index (κ2) is 4.46. The van der Waals surface area contributed by atoms with Crippen LogP contribution in [0.1, 0.15) is 37.3 Å². The third kappa shape index (κ3) is 1.94. The van der Waals surface area contributed by atoms with Crippen LogP contribution in [0.3, 0.4) is 0 Å². The van der Waals surface area contributed by atoms with Crippen LogP contribution >= 0.6 is 0 Å². The average molecular weight is 219 g/mol. The van der Waals surface area contributed by atoms with E-state index >= 15 is 0 Å². The van der Waals surface area contributed by atoms with Gasteiger partial charge < -0.3 is 10.0 Å². The van der Waals surface area contributed by atoms with Crippen molar-refractivity contribution in [3.8, 4) is 0 Å². The smallest absolute Gasteiger partial charge is 0.0437 e. The molecule has 16 heavy (non-hydrogen) atoms. The monoisotopic (exact) mass is 219 g/mol. The maximum atomic E-state index is 9.13. The van der Waals surface area contributed by atoms with E-state index in [9.17, 15) is 0 Å². The summed E-state index contributed by atoms with van der Waals surface area (Å²) in [6.45, 7) is 7.92. The van der Waals surface area contributed by atoms with Gasteiger partial charge in [0.1, 0.15) is 0 Å². The molecule has 1 aliphatic rings. The van der Waals surface area contributed by atoms with Crippen molar-refractivity contribution in [3.63, 3.8) is 0 Å². The molecule has 0 saturated heterocycles. The number of rotatable bonds is 3. The minimum absolute atomic E-state index is 0.282. The summed E-state index contributed by atoms with van der Waals surface area (Å²) in [6, 6.07) is 7.21. The van der Waals surface area contributed by atoms with E-state index in [4.69, 9.17) is 5.11 Å². The maximum Gasteiger partial charge on any atom is 0.0437 e. The number of aliphatic hydroxyl groups excluding tert-OH is 1. The van der Waals surface area contributed by atoms with Crippen molar-refractivity contribution in [2.24, 2.45) is 0 Å². The van der Waals surface area contributed by atoms with Gasteiger partial charge in [0, 0.05) is 30.8 Å². The van der Waals surface area contributed by atoms with Crippen molar-refractivity contribution in [1.82, 2.24) is 0 Å². The first kappa shape index (κ1) is 11.5. The molecule has 1 N–H and O–H groups in total. The van der Waals surface area contributed by atoms with Crippen molar-refractivity contribution < 1.29 is 5.11 Å². The topological polar surface area (TPSA) is 23.5 Å². The van der Waals surface area contributed by atoms with E-state index in [2.05, 4.69) is 43.9 Å². The number of nitrogens with zero attached hydrogens (tertiary/aromatic N) is 1. The SMILES string of the molecule is Cc1ccc2c(c1)C(CCO)CN2C(C)C. The molecule has 0 amide bonds. The largest absolute Gasteiger partial charge is 0.396 e. The number of fused-ring (bicyclic) bond motifs is 1. The Morgan fingerprint density at radius 1 is 1.44 bits per heavy atom. The molecule has 0 radical (unpaired) electrons. The Morgan fingerprint density at radius 3 is 2.81 bits per heavy atom. The van der Waals surface area contributed by atoms with E-state index in [1.54, 1.807) is 0 Å². The van der Waals surface area contributed by atoms with Crippen molar-refractivity contribution in [2.75, 3.05) is 18.1 Å². The van der Waals surface area contributed by atoms with Gasteiger partial charge in [0.2, 0.25) is 0 Å². The first-order valence-corrected chi connectivity index (χ1v) is 6.11. The fourth-order valence-electron chi connectivity index (χ4n) is 2.59. The molecule has 1 unspecified atom stereocenters. The molecule has 2 rings (SSSR count). The summed E-state index contributed by atoms with van der Waals surface area (Å²) in [6.07, 6.45) is 0.875. The molecule has 1 atom stereocenters. The molecule has 1 aromatic rings. The van der Waals surface area contributed by atoms with E-state index in [1.807, 2.05) is 0 Å². The van der Waals surface area contributed by atoms with Gasteiger partial charge in [0.25, 0.3) is 0 Å². The summed E-state index contributed by atoms with van der Waals surface area (Å²) in [5.41, 5.74) is 4.09. The van der Waals surface area contributed by atoms with Crippen LogP contribution in [0.25, 0.3) is 0 Å². The lowest BCUT2D eigenvalue weighted by atomic mass is 9.97. The summed E-state index contributed by atoms with van der Waals surface area (Å²) in [4.78, 5) is 2.44. The number of hydrogen-bond acceptors (Lipinski definition) is 2. The second-order valence-corrected chi connectivity index (χ2v) is 5.02. The van der Waals surface area contributed by atoms with Crippen LogP contribution in [0, 0.1) is 6.92 Å². The Morgan fingerprint density at radius 2 is 2.19 bits per heavy atom. The lowest BCUT2D eigenvalue weighted by Crippen LogP contribution is -2.29. The molecular weight excluding hydrogens is 198 g/mol. The van der Waals surface area contributed by atoms with Gasteiger partial charge in [-0.15, -0.1) is 0 Å². The number of aryl methyl sites for hydroxylation is 1. The maximum absolute atomic E-state index is 9.13. The Bertz CT molecular complexity index is 373. The van der Waals surface area contributed by atoms with Gasteiger partial charge in [-0.3, -0.25) is 0 Å². The highest BCUT2D eigenvalue weighted by atomic mass is 16.3. The highest BCUT2D eigenvalue weighted by molar-refractivity contribution is 5.61. The molecule has 0 fully saturated rings. The van der Waals surface area contributed by atoms with Crippen molar-refractivity contribution in [2.45, 2.75) is 39.2 Å². The van der Waals surface area contributed by atoms with Crippen LogP contribution in [0.5, 0.6) is 0 Å².